The number of nitrogens with one attached hydrogen (secondary N) is 1. The van der Waals surface area contributed by atoms with Crippen molar-refractivity contribution in [1.82, 2.24) is 4.98 Å². The number of hydrogen-bond acceptors (Lipinski definition) is 3. The van der Waals surface area contributed by atoms with E-state index in [9.17, 15) is 4.39 Å². The molecule has 3 nitrogen and oxygen atoms in total. The van der Waals surface area contributed by atoms with Crippen molar-refractivity contribution in [1.29, 1.82) is 0 Å². The van der Waals surface area contributed by atoms with Crippen molar-refractivity contribution in [3.8, 4) is 0 Å². The molecule has 0 fully saturated rings. The number of pyridine rings is 1. The third-order valence-corrected chi connectivity index (χ3v) is 2.83. The van der Waals surface area contributed by atoms with Crippen molar-refractivity contribution < 1.29 is 4.39 Å². The minimum Gasteiger partial charge on any atom is -0.397 e. The van der Waals surface area contributed by atoms with Gasteiger partial charge in [0.05, 0.1) is 22.6 Å². The average molecular weight is 317 g/mol. The molecule has 0 bridgehead atoms. The van der Waals surface area contributed by atoms with Crippen LogP contribution in [0.15, 0.2) is 34.9 Å². The Morgan fingerprint density at radius 2 is 2.12 bits per heavy atom. The number of nitrogens with two attached hydrogens (primary N) is 1. The van der Waals surface area contributed by atoms with Gasteiger partial charge in [0.15, 0.2) is 0 Å². The second kappa shape index (κ2) is 4.89. The molecule has 0 amide bonds. The van der Waals surface area contributed by atoms with Crippen molar-refractivity contribution >= 4 is 44.7 Å². The Bertz CT molecular complexity index is 562. The summed E-state index contributed by atoms with van der Waals surface area (Å²) in [5.41, 5.74) is 6.26. The molecule has 0 spiro atoms. The molecule has 0 aliphatic heterocycles. The summed E-state index contributed by atoms with van der Waals surface area (Å²) < 4.78 is 14.2. The van der Waals surface area contributed by atoms with E-state index in [-0.39, 0.29) is 5.82 Å². The topological polar surface area (TPSA) is 50.9 Å². The first kappa shape index (κ1) is 12.1. The van der Waals surface area contributed by atoms with E-state index in [4.69, 9.17) is 17.3 Å². The number of benzene rings is 1. The second-order valence-electron chi connectivity index (χ2n) is 3.35. The van der Waals surface area contributed by atoms with Crippen LogP contribution < -0.4 is 11.1 Å². The zero-order valence-electron chi connectivity index (χ0n) is 8.55. The molecule has 17 heavy (non-hydrogen) atoms. The predicted molar refractivity (Wildman–Crippen MR) is 71.0 cm³/mol. The fraction of sp³-hybridized carbons (Fsp3) is 0. The summed E-state index contributed by atoms with van der Waals surface area (Å²) in [4.78, 5) is 3.99. The summed E-state index contributed by atoms with van der Waals surface area (Å²) in [5.74, 6) is -0.0271. The molecule has 2 aromatic rings. The number of halogens is 3. The van der Waals surface area contributed by atoms with Crippen LogP contribution in [0, 0.1) is 5.82 Å². The van der Waals surface area contributed by atoms with Crippen LogP contribution in [0.4, 0.5) is 21.6 Å². The Hall–Kier alpha value is -1.33. The molecule has 2 rings (SSSR count). The fourth-order valence-electron chi connectivity index (χ4n) is 1.27. The summed E-state index contributed by atoms with van der Waals surface area (Å²) in [7, 11) is 0. The highest BCUT2D eigenvalue weighted by atomic mass is 79.9. The van der Waals surface area contributed by atoms with Crippen molar-refractivity contribution in [2.24, 2.45) is 0 Å². The zero-order chi connectivity index (χ0) is 12.4. The van der Waals surface area contributed by atoms with Gasteiger partial charge >= 0.3 is 0 Å². The van der Waals surface area contributed by atoms with Gasteiger partial charge in [-0.3, -0.25) is 0 Å². The van der Waals surface area contributed by atoms with Crippen LogP contribution >= 0.6 is 27.5 Å². The van der Waals surface area contributed by atoms with E-state index in [2.05, 4.69) is 26.2 Å². The molecule has 0 aliphatic carbocycles. The van der Waals surface area contributed by atoms with Crippen LogP contribution in [0.3, 0.4) is 0 Å². The highest BCUT2D eigenvalue weighted by Crippen LogP contribution is 2.27. The van der Waals surface area contributed by atoms with Crippen molar-refractivity contribution in [3.05, 3.63) is 45.8 Å². The van der Waals surface area contributed by atoms with Crippen molar-refractivity contribution in [2.45, 2.75) is 0 Å². The number of nitrogen functional groups attached to an aromatic ring is 1. The molecule has 0 aliphatic rings. The molecule has 0 radical (unpaired) electrons. The predicted octanol–water partition coefficient (Wildman–Crippen LogP) is 3.96. The van der Waals surface area contributed by atoms with E-state index in [1.54, 1.807) is 18.2 Å². The Morgan fingerprint density at radius 1 is 1.35 bits per heavy atom. The van der Waals surface area contributed by atoms with Gasteiger partial charge in [0.25, 0.3) is 0 Å². The maximum absolute atomic E-state index is 13.5. The lowest BCUT2D eigenvalue weighted by molar-refractivity contribution is 0.631. The van der Waals surface area contributed by atoms with Crippen LogP contribution in [-0.2, 0) is 0 Å². The number of hydrogen-bond donors (Lipinski definition) is 2. The number of aromatic nitrogens is 1. The van der Waals surface area contributed by atoms with Crippen LogP contribution in [0.25, 0.3) is 0 Å². The van der Waals surface area contributed by atoms with E-state index >= 15 is 0 Å². The zero-order valence-corrected chi connectivity index (χ0v) is 10.9. The average Bonchev–Trinajstić information content (AvgIpc) is 2.27. The lowest BCUT2D eigenvalue weighted by Crippen LogP contribution is -1.98. The summed E-state index contributed by atoms with van der Waals surface area (Å²) >= 11 is 9.19. The van der Waals surface area contributed by atoms with E-state index in [1.807, 2.05) is 0 Å². The van der Waals surface area contributed by atoms with E-state index < -0.39 is 0 Å². The van der Waals surface area contributed by atoms with Crippen LogP contribution in [0.2, 0.25) is 5.02 Å². The van der Waals surface area contributed by atoms with Gasteiger partial charge in [-0.05, 0) is 24.3 Å². The van der Waals surface area contributed by atoms with Crippen LogP contribution in [0.1, 0.15) is 0 Å². The molecule has 0 unspecified atom stereocenters. The third kappa shape index (κ3) is 2.87. The smallest absolute Gasteiger partial charge is 0.149 e. The minimum atomic E-state index is -0.386. The molecule has 0 saturated carbocycles. The molecule has 1 heterocycles. The van der Waals surface area contributed by atoms with Gasteiger partial charge in [-0.25, -0.2) is 9.37 Å². The molecular weight excluding hydrogens is 308 g/mol. The first-order valence-electron chi connectivity index (χ1n) is 4.69. The maximum Gasteiger partial charge on any atom is 0.149 e. The molecule has 3 N–H and O–H groups in total. The summed E-state index contributed by atoms with van der Waals surface area (Å²) in [6.07, 6.45) is 1.45. The van der Waals surface area contributed by atoms with E-state index in [0.717, 1.165) is 4.47 Å². The van der Waals surface area contributed by atoms with Gasteiger partial charge < -0.3 is 11.1 Å². The highest BCUT2D eigenvalue weighted by molar-refractivity contribution is 9.10. The molecule has 6 heteroatoms. The normalized spacial score (nSPS) is 10.3. The highest BCUT2D eigenvalue weighted by Gasteiger charge is 2.07. The lowest BCUT2D eigenvalue weighted by Gasteiger charge is -2.09. The largest absolute Gasteiger partial charge is 0.397 e. The molecule has 0 atom stereocenters. The number of rotatable bonds is 2. The first-order valence-corrected chi connectivity index (χ1v) is 5.86. The minimum absolute atomic E-state index is 0.290. The van der Waals surface area contributed by atoms with Gasteiger partial charge in [0.1, 0.15) is 11.6 Å². The Balaban J connectivity index is 2.34. The summed E-state index contributed by atoms with van der Waals surface area (Å²) in [6, 6.07) is 6.10. The Morgan fingerprint density at radius 3 is 2.82 bits per heavy atom. The quantitative estimate of drug-likeness (QED) is 0.881. The van der Waals surface area contributed by atoms with E-state index in [0.29, 0.717) is 22.2 Å². The van der Waals surface area contributed by atoms with Gasteiger partial charge in [0.2, 0.25) is 0 Å². The first-order chi connectivity index (χ1) is 8.06. The third-order valence-electron chi connectivity index (χ3n) is 2.04. The monoisotopic (exact) mass is 315 g/mol. The summed E-state index contributed by atoms with van der Waals surface area (Å²) in [5, 5.41) is 3.14. The second-order valence-corrected chi connectivity index (χ2v) is 4.67. The lowest BCUT2D eigenvalue weighted by atomic mass is 10.3. The standard InChI is InChI=1S/C11H8BrClFN3/c12-6-1-2-9(14)10(3-6)17-11-8(13)4-7(15)5-16-11/h1-5H,15H2,(H,16,17). The molecular formula is C11H8BrClFN3. The molecule has 1 aromatic heterocycles. The van der Waals surface area contributed by atoms with Gasteiger partial charge in [0, 0.05) is 4.47 Å². The van der Waals surface area contributed by atoms with Gasteiger partial charge in [-0.15, -0.1) is 0 Å². The number of nitrogens with zero attached hydrogens (tertiary/aromatic N) is 1. The number of anilines is 3. The molecule has 1 aromatic carbocycles. The van der Waals surface area contributed by atoms with Crippen molar-refractivity contribution in [3.63, 3.8) is 0 Å². The molecule has 88 valence electrons. The molecule has 0 saturated heterocycles. The maximum atomic E-state index is 13.5. The van der Waals surface area contributed by atoms with Crippen LogP contribution in [-0.4, -0.2) is 4.98 Å². The SMILES string of the molecule is Nc1cnc(Nc2cc(Br)ccc2F)c(Cl)c1. The fourth-order valence-corrected chi connectivity index (χ4v) is 1.85. The Labute approximate surface area is 111 Å². The van der Waals surface area contributed by atoms with Crippen molar-refractivity contribution in [2.75, 3.05) is 11.1 Å². The van der Waals surface area contributed by atoms with Gasteiger partial charge in [-0.2, -0.15) is 0 Å². The summed E-state index contributed by atoms with van der Waals surface area (Å²) in [6.45, 7) is 0. The van der Waals surface area contributed by atoms with E-state index in [1.165, 1.54) is 12.3 Å². The Kier molecular flexibility index (Phi) is 3.49. The van der Waals surface area contributed by atoms with Gasteiger partial charge in [-0.1, -0.05) is 27.5 Å². The van der Waals surface area contributed by atoms with Crippen LogP contribution in [0.5, 0.6) is 0 Å².